The molecule has 152 valence electrons. The summed E-state index contributed by atoms with van der Waals surface area (Å²) in [6.45, 7) is 4.08. The highest BCUT2D eigenvalue weighted by molar-refractivity contribution is 5.87. The van der Waals surface area contributed by atoms with E-state index in [1.165, 1.54) is 7.11 Å². The third-order valence-electron chi connectivity index (χ3n) is 5.47. The van der Waals surface area contributed by atoms with Crippen molar-refractivity contribution in [1.29, 1.82) is 0 Å². The first-order valence-corrected chi connectivity index (χ1v) is 9.71. The summed E-state index contributed by atoms with van der Waals surface area (Å²) in [7, 11) is 1.30. The summed E-state index contributed by atoms with van der Waals surface area (Å²) in [4.78, 5) is 24.1. The maximum atomic E-state index is 12.5. The van der Waals surface area contributed by atoms with E-state index in [4.69, 9.17) is 9.15 Å². The predicted octanol–water partition coefficient (Wildman–Crippen LogP) is 4.86. The van der Waals surface area contributed by atoms with E-state index in [0.717, 1.165) is 32.8 Å². The van der Waals surface area contributed by atoms with Crippen LogP contribution in [0.15, 0.2) is 63.8 Å². The molecule has 0 unspecified atom stereocenters. The zero-order valence-corrected chi connectivity index (χ0v) is 17.2. The average molecular weight is 402 g/mol. The number of carbonyl (C=O) groups excluding carboxylic acids is 1. The molecule has 0 fully saturated rings. The third kappa shape index (κ3) is 3.54. The highest BCUT2D eigenvalue weighted by Gasteiger charge is 2.18. The van der Waals surface area contributed by atoms with Gasteiger partial charge in [-0.3, -0.25) is 4.79 Å². The van der Waals surface area contributed by atoms with Crippen molar-refractivity contribution >= 4 is 27.7 Å². The van der Waals surface area contributed by atoms with Crippen LogP contribution in [0.25, 0.3) is 21.7 Å². The summed E-state index contributed by atoms with van der Waals surface area (Å²) in [5.41, 5.74) is 2.81. The molecule has 0 bridgehead atoms. The Kier molecular flexibility index (Phi) is 5.27. The number of fused-ring (bicyclic) bond motifs is 2. The SMILES string of the molecule is COC(=O)Cc1c(C)c2ccc(OCc3cccc4ccccc34)c(C)c2oc1=O. The van der Waals surface area contributed by atoms with Crippen LogP contribution in [0.5, 0.6) is 5.75 Å². The molecule has 0 spiro atoms. The van der Waals surface area contributed by atoms with Gasteiger partial charge in [-0.05, 0) is 47.9 Å². The minimum absolute atomic E-state index is 0.112. The third-order valence-corrected chi connectivity index (χ3v) is 5.47. The van der Waals surface area contributed by atoms with Crippen LogP contribution in [-0.4, -0.2) is 13.1 Å². The molecule has 3 aromatic carbocycles. The second-order valence-electron chi connectivity index (χ2n) is 7.24. The first-order chi connectivity index (χ1) is 14.5. The van der Waals surface area contributed by atoms with Gasteiger partial charge in [0.15, 0.2) is 0 Å². The fraction of sp³-hybridized carbons (Fsp3) is 0.200. The van der Waals surface area contributed by atoms with Crippen LogP contribution in [0.4, 0.5) is 0 Å². The van der Waals surface area contributed by atoms with Crippen LogP contribution in [0.2, 0.25) is 0 Å². The standard InChI is InChI=1S/C25H22O5/c1-15-19-11-12-22(16(2)24(19)30-25(27)21(15)13-23(26)28-3)29-14-18-9-6-8-17-7-4-5-10-20(17)18/h4-12H,13-14H2,1-3H3. The van der Waals surface area contributed by atoms with Gasteiger partial charge in [0.25, 0.3) is 0 Å². The van der Waals surface area contributed by atoms with Gasteiger partial charge in [-0.1, -0.05) is 42.5 Å². The van der Waals surface area contributed by atoms with Crippen molar-refractivity contribution < 1.29 is 18.7 Å². The number of carbonyl (C=O) groups is 1. The predicted molar refractivity (Wildman–Crippen MR) is 116 cm³/mol. The average Bonchev–Trinajstić information content (AvgIpc) is 2.76. The number of aryl methyl sites for hydroxylation is 2. The summed E-state index contributed by atoms with van der Waals surface area (Å²) < 4.78 is 16.3. The summed E-state index contributed by atoms with van der Waals surface area (Å²) in [6, 6.07) is 18.0. The second kappa shape index (κ2) is 8.03. The Morgan fingerprint density at radius 3 is 2.50 bits per heavy atom. The fourth-order valence-corrected chi connectivity index (χ4v) is 3.72. The Labute approximate surface area is 173 Å². The molecule has 0 aliphatic carbocycles. The van der Waals surface area contributed by atoms with Gasteiger partial charge in [0.05, 0.1) is 19.1 Å². The summed E-state index contributed by atoms with van der Waals surface area (Å²) >= 11 is 0. The van der Waals surface area contributed by atoms with Crippen molar-refractivity contribution in [2.75, 3.05) is 7.11 Å². The zero-order valence-electron chi connectivity index (χ0n) is 17.2. The molecule has 0 aliphatic heterocycles. The van der Waals surface area contributed by atoms with E-state index in [1.807, 2.05) is 50.2 Å². The normalized spacial score (nSPS) is 11.0. The van der Waals surface area contributed by atoms with Gasteiger partial charge in [0.2, 0.25) is 0 Å². The number of rotatable bonds is 5. The van der Waals surface area contributed by atoms with Crippen molar-refractivity contribution in [2.24, 2.45) is 0 Å². The van der Waals surface area contributed by atoms with E-state index in [1.54, 1.807) is 0 Å². The molecule has 30 heavy (non-hydrogen) atoms. The van der Waals surface area contributed by atoms with Gasteiger partial charge in [-0.25, -0.2) is 4.79 Å². The van der Waals surface area contributed by atoms with Crippen molar-refractivity contribution in [1.82, 2.24) is 0 Å². The Hall–Kier alpha value is -3.60. The van der Waals surface area contributed by atoms with Crippen molar-refractivity contribution in [3.63, 3.8) is 0 Å². The molecule has 5 nitrogen and oxygen atoms in total. The minimum Gasteiger partial charge on any atom is -0.488 e. The Morgan fingerprint density at radius 1 is 0.933 bits per heavy atom. The summed E-state index contributed by atoms with van der Waals surface area (Å²) in [5, 5.41) is 3.09. The Balaban J connectivity index is 1.69. The van der Waals surface area contributed by atoms with Crippen LogP contribution >= 0.6 is 0 Å². The molecule has 0 saturated carbocycles. The van der Waals surface area contributed by atoms with Crippen molar-refractivity contribution in [2.45, 2.75) is 26.9 Å². The number of ether oxygens (including phenoxy) is 2. The van der Waals surface area contributed by atoms with Crippen LogP contribution in [0, 0.1) is 13.8 Å². The van der Waals surface area contributed by atoms with E-state index in [2.05, 4.69) is 22.9 Å². The van der Waals surface area contributed by atoms with Gasteiger partial charge >= 0.3 is 11.6 Å². The Morgan fingerprint density at radius 2 is 1.70 bits per heavy atom. The summed E-state index contributed by atoms with van der Waals surface area (Å²) in [5.74, 6) is 0.176. The molecule has 5 heteroatoms. The highest BCUT2D eigenvalue weighted by atomic mass is 16.5. The number of benzene rings is 3. The first kappa shape index (κ1) is 19.7. The number of hydrogen-bond acceptors (Lipinski definition) is 5. The van der Waals surface area contributed by atoms with Gasteiger partial charge in [-0.15, -0.1) is 0 Å². The van der Waals surface area contributed by atoms with Gasteiger partial charge in [0.1, 0.15) is 17.9 Å². The topological polar surface area (TPSA) is 65.7 Å². The van der Waals surface area contributed by atoms with Crippen LogP contribution in [-0.2, 0) is 22.6 Å². The highest BCUT2D eigenvalue weighted by Crippen LogP contribution is 2.30. The van der Waals surface area contributed by atoms with Gasteiger partial charge in [0, 0.05) is 10.9 Å². The molecule has 4 aromatic rings. The van der Waals surface area contributed by atoms with Crippen molar-refractivity contribution in [3.8, 4) is 5.75 Å². The second-order valence-corrected chi connectivity index (χ2v) is 7.24. The number of hydrogen-bond donors (Lipinski definition) is 0. The molecule has 1 aromatic heterocycles. The van der Waals surface area contributed by atoms with E-state index in [0.29, 0.717) is 23.5 Å². The molecular weight excluding hydrogens is 380 g/mol. The molecule has 0 radical (unpaired) electrons. The molecule has 0 atom stereocenters. The summed E-state index contributed by atoms with van der Waals surface area (Å²) in [6.07, 6.45) is -0.112. The van der Waals surface area contributed by atoms with Gasteiger partial charge < -0.3 is 13.9 Å². The fourth-order valence-electron chi connectivity index (χ4n) is 3.72. The zero-order chi connectivity index (χ0) is 21.3. The lowest BCUT2D eigenvalue weighted by Gasteiger charge is -2.14. The first-order valence-electron chi connectivity index (χ1n) is 9.71. The van der Waals surface area contributed by atoms with Crippen LogP contribution in [0.1, 0.15) is 22.3 Å². The van der Waals surface area contributed by atoms with Crippen LogP contribution < -0.4 is 10.4 Å². The number of methoxy groups -OCH3 is 1. The minimum atomic E-state index is -0.528. The molecule has 1 heterocycles. The maximum absolute atomic E-state index is 12.5. The van der Waals surface area contributed by atoms with E-state index >= 15 is 0 Å². The quantitative estimate of drug-likeness (QED) is 0.352. The molecule has 0 saturated heterocycles. The Bertz CT molecular complexity index is 1310. The lowest BCUT2D eigenvalue weighted by atomic mass is 10.0. The molecule has 0 amide bonds. The maximum Gasteiger partial charge on any atom is 0.340 e. The lowest BCUT2D eigenvalue weighted by Crippen LogP contribution is -2.16. The van der Waals surface area contributed by atoms with Crippen molar-refractivity contribution in [3.05, 3.63) is 87.3 Å². The van der Waals surface area contributed by atoms with Gasteiger partial charge in [-0.2, -0.15) is 0 Å². The molecule has 0 aliphatic rings. The smallest absolute Gasteiger partial charge is 0.340 e. The number of esters is 1. The molecular formula is C25H22O5. The molecule has 0 N–H and O–H groups in total. The van der Waals surface area contributed by atoms with E-state index in [9.17, 15) is 9.59 Å². The van der Waals surface area contributed by atoms with E-state index in [-0.39, 0.29) is 6.42 Å². The van der Waals surface area contributed by atoms with Crippen LogP contribution in [0.3, 0.4) is 0 Å². The largest absolute Gasteiger partial charge is 0.488 e. The van der Waals surface area contributed by atoms with E-state index < -0.39 is 11.6 Å². The monoisotopic (exact) mass is 402 g/mol. The lowest BCUT2D eigenvalue weighted by molar-refractivity contribution is -0.139. The molecule has 4 rings (SSSR count).